The van der Waals surface area contributed by atoms with Gasteiger partial charge in [0.2, 0.25) is 9.84 Å². The van der Waals surface area contributed by atoms with E-state index in [1.54, 1.807) is 43.6 Å². The molecule has 0 bridgehead atoms. The molecule has 0 fully saturated rings. The number of hydrogen-bond acceptors (Lipinski definition) is 6. The minimum absolute atomic E-state index is 0.0308. The maximum atomic E-state index is 13.4. The van der Waals surface area contributed by atoms with Crippen LogP contribution in [0.5, 0.6) is 0 Å². The minimum Gasteiger partial charge on any atom is -0.345 e. The van der Waals surface area contributed by atoms with Gasteiger partial charge in [-0.3, -0.25) is 0 Å². The molecule has 0 aliphatic heterocycles. The Morgan fingerprint density at radius 1 is 0.935 bits per heavy atom. The molecule has 2 aromatic heterocycles. The molecule has 0 unspecified atom stereocenters. The second-order valence-corrected chi connectivity index (χ2v) is 9.41. The predicted molar refractivity (Wildman–Crippen MR) is 120 cm³/mol. The highest BCUT2D eigenvalue weighted by molar-refractivity contribution is 7.91. The molecular formula is C23H23N5O2S. The van der Waals surface area contributed by atoms with Crippen LogP contribution >= 0.6 is 0 Å². The van der Waals surface area contributed by atoms with Gasteiger partial charge < -0.3 is 10.3 Å². The first kappa shape index (κ1) is 20.7. The summed E-state index contributed by atoms with van der Waals surface area (Å²) in [6.45, 7) is 7.73. The van der Waals surface area contributed by atoms with E-state index in [1.807, 2.05) is 32.9 Å². The Hall–Kier alpha value is -3.52. The molecule has 7 nitrogen and oxygen atoms in total. The van der Waals surface area contributed by atoms with Crippen molar-refractivity contribution in [2.24, 2.45) is 0 Å². The zero-order chi connectivity index (χ0) is 22.2. The molecule has 2 heterocycles. The number of anilines is 2. The summed E-state index contributed by atoms with van der Waals surface area (Å²) in [5, 5.41) is 3.24. The first-order valence-corrected chi connectivity index (χ1v) is 11.3. The molecule has 0 saturated heterocycles. The molecule has 0 amide bonds. The van der Waals surface area contributed by atoms with Gasteiger partial charge in [-0.1, -0.05) is 17.7 Å². The zero-order valence-corrected chi connectivity index (χ0v) is 18.6. The van der Waals surface area contributed by atoms with Crippen LogP contribution < -0.4 is 5.32 Å². The van der Waals surface area contributed by atoms with Gasteiger partial charge in [0.1, 0.15) is 16.5 Å². The fourth-order valence-electron chi connectivity index (χ4n) is 3.58. The van der Waals surface area contributed by atoms with E-state index in [9.17, 15) is 8.42 Å². The number of nitrogens with zero attached hydrogens (tertiary/aromatic N) is 3. The van der Waals surface area contributed by atoms with Crippen LogP contribution in [0.3, 0.4) is 0 Å². The third-order valence-electron chi connectivity index (χ3n) is 5.02. The number of aromatic nitrogens is 4. The molecular weight excluding hydrogens is 410 g/mol. The Balaban J connectivity index is 1.76. The number of rotatable bonds is 5. The lowest BCUT2D eigenvalue weighted by Crippen LogP contribution is -2.10. The standard InChI is InChI=1S/C23H23N5O2S/c1-14-11-15(2)21(16(3)12-14)28-23-20(13-26-17(4)27-23)31(29,30)19-7-5-18(6-8-19)22-24-9-10-25-22/h5-13H,1-4H3,(H,24,25)(H,26,27,28). The molecule has 0 radical (unpaired) electrons. The van der Waals surface area contributed by atoms with Gasteiger partial charge in [0.15, 0.2) is 5.82 Å². The molecule has 0 atom stereocenters. The molecule has 2 N–H and O–H groups in total. The molecule has 31 heavy (non-hydrogen) atoms. The van der Waals surface area contributed by atoms with Crippen molar-refractivity contribution in [2.45, 2.75) is 37.5 Å². The third kappa shape index (κ3) is 4.06. The first-order valence-electron chi connectivity index (χ1n) is 9.79. The highest BCUT2D eigenvalue weighted by Gasteiger charge is 2.24. The van der Waals surface area contributed by atoms with E-state index < -0.39 is 9.84 Å². The van der Waals surface area contributed by atoms with Crippen molar-refractivity contribution in [3.63, 3.8) is 0 Å². The fraction of sp³-hybridized carbons (Fsp3) is 0.174. The van der Waals surface area contributed by atoms with Crippen LogP contribution in [0, 0.1) is 27.7 Å². The number of hydrogen-bond donors (Lipinski definition) is 2. The second kappa shape index (κ2) is 7.96. The number of sulfone groups is 1. The topological polar surface area (TPSA) is 101 Å². The maximum absolute atomic E-state index is 13.4. The van der Waals surface area contributed by atoms with Gasteiger partial charge in [0, 0.05) is 23.6 Å². The number of aryl methyl sites for hydroxylation is 4. The average Bonchev–Trinajstić information content (AvgIpc) is 3.25. The summed E-state index contributed by atoms with van der Waals surface area (Å²) >= 11 is 0. The zero-order valence-electron chi connectivity index (χ0n) is 17.8. The van der Waals surface area contributed by atoms with Crippen LogP contribution in [-0.2, 0) is 9.84 Å². The van der Waals surface area contributed by atoms with Gasteiger partial charge in [0.25, 0.3) is 0 Å². The monoisotopic (exact) mass is 433 g/mol. The largest absolute Gasteiger partial charge is 0.345 e. The summed E-state index contributed by atoms with van der Waals surface area (Å²) < 4.78 is 26.9. The Labute approximate surface area is 181 Å². The quantitative estimate of drug-likeness (QED) is 0.474. The average molecular weight is 434 g/mol. The molecule has 0 aliphatic rings. The summed E-state index contributed by atoms with van der Waals surface area (Å²) in [6, 6.07) is 10.7. The van der Waals surface area contributed by atoms with Crippen molar-refractivity contribution in [1.82, 2.24) is 19.9 Å². The van der Waals surface area contributed by atoms with Crippen molar-refractivity contribution in [3.8, 4) is 11.4 Å². The highest BCUT2D eigenvalue weighted by Crippen LogP contribution is 2.31. The van der Waals surface area contributed by atoms with Crippen molar-refractivity contribution >= 4 is 21.3 Å². The van der Waals surface area contributed by atoms with Crippen molar-refractivity contribution in [1.29, 1.82) is 0 Å². The molecule has 4 rings (SSSR count). The van der Waals surface area contributed by atoms with Crippen molar-refractivity contribution in [3.05, 3.63) is 77.5 Å². The summed E-state index contributed by atoms with van der Waals surface area (Å²) in [5.41, 5.74) is 4.81. The van der Waals surface area contributed by atoms with Gasteiger partial charge in [-0.05, 0) is 63.1 Å². The number of aromatic amines is 1. The highest BCUT2D eigenvalue weighted by atomic mass is 32.2. The van der Waals surface area contributed by atoms with Crippen LogP contribution in [-0.4, -0.2) is 28.4 Å². The lowest BCUT2D eigenvalue weighted by atomic mass is 10.1. The minimum atomic E-state index is -3.84. The molecule has 0 aliphatic carbocycles. The van der Waals surface area contributed by atoms with Crippen LogP contribution in [0.25, 0.3) is 11.4 Å². The maximum Gasteiger partial charge on any atom is 0.211 e. The number of nitrogens with one attached hydrogen (secondary N) is 2. The van der Waals surface area contributed by atoms with E-state index in [1.165, 1.54) is 6.20 Å². The Morgan fingerprint density at radius 2 is 1.61 bits per heavy atom. The lowest BCUT2D eigenvalue weighted by Gasteiger charge is -2.16. The molecule has 2 aromatic carbocycles. The van der Waals surface area contributed by atoms with Crippen molar-refractivity contribution in [2.75, 3.05) is 5.32 Å². The predicted octanol–water partition coefficient (Wildman–Crippen LogP) is 4.68. The van der Waals surface area contributed by atoms with Crippen LogP contribution in [0.2, 0.25) is 0 Å². The van der Waals surface area contributed by atoms with Crippen molar-refractivity contribution < 1.29 is 8.42 Å². The Bertz CT molecular complexity index is 1320. The lowest BCUT2D eigenvalue weighted by molar-refractivity contribution is 0.595. The molecule has 8 heteroatoms. The molecule has 158 valence electrons. The number of H-pyrrole nitrogens is 1. The Morgan fingerprint density at radius 3 is 2.23 bits per heavy atom. The van der Waals surface area contributed by atoms with E-state index >= 15 is 0 Å². The van der Waals surface area contributed by atoms with Crippen LogP contribution in [0.4, 0.5) is 11.5 Å². The third-order valence-corrected chi connectivity index (χ3v) is 6.79. The van der Waals surface area contributed by atoms with E-state index in [0.717, 1.165) is 27.9 Å². The van der Waals surface area contributed by atoms with Gasteiger partial charge in [-0.2, -0.15) is 0 Å². The normalized spacial score (nSPS) is 11.5. The summed E-state index contributed by atoms with van der Waals surface area (Å²) in [7, 11) is -3.84. The van der Waals surface area contributed by atoms with Crippen LogP contribution in [0.15, 0.2) is 64.8 Å². The fourth-order valence-corrected chi connectivity index (χ4v) is 4.87. The van der Waals surface area contributed by atoms with E-state index in [0.29, 0.717) is 11.6 Å². The molecule has 0 saturated carbocycles. The van der Waals surface area contributed by atoms with Gasteiger partial charge in [0.05, 0.1) is 11.1 Å². The van der Waals surface area contributed by atoms with Gasteiger partial charge >= 0.3 is 0 Å². The van der Waals surface area contributed by atoms with Gasteiger partial charge in [-0.25, -0.2) is 23.4 Å². The number of benzene rings is 2. The van der Waals surface area contributed by atoms with Gasteiger partial charge in [-0.15, -0.1) is 0 Å². The van der Waals surface area contributed by atoms with E-state index in [-0.39, 0.29) is 15.6 Å². The van der Waals surface area contributed by atoms with E-state index in [2.05, 4.69) is 25.3 Å². The van der Waals surface area contributed by atoms with E-state index in [4.69, 9.17) is 0 Å². The summed E-state index contributed by atoms with van der Waals surface area (Å²) in [4.78, 5) is 15.9. The second-order valence-electron chi connectivity index (χ2n) is 7.49. The van der Waals surface area contributed by atoms with Crippen LogP contribution in [0.1, 0.15) is 22.5 Å². The number of imidazole rings is 1. The first-order chi connectivity index (χ1) is 14.8. The molecule has 0 spiro atoms. The Kier molecular flexibility index (Phi) is 5.32. The summed E-state index contributed by atoms with van der Waals surface area (Å²) in [6.07, 6.45) is 4.73. The summed E-state index contributed by atoms with van der Waals surface area (Å²) in [5.74, 6) is 1.42. The smallest absolute Gasteiger partial charge is 0.211 e. The SMILES string of the molecule is Cc1cc(C)c(Nc2nc(C)ncc2S(=O)(=O)c2ccc(-c3ncc[nH]3)cc2)c(C)c1. The molecule has 4 aromatic rings.